The number of hydrazine groups is 1. The predicted molar refractivity (Wildman–Crippen MR) is 69.8 cm³/mol. The van der Waals surface area contributed by atoms with Gasteiger partial charge in [0.15, 0.2) is 5.11 Å². The average molecular weight is 255 g/mol. The Kier molecular flexibility index (Phi) is 3.28. The van der Waals surface area contributed by atoms with E-state index < -0.39 is 0 Å². The number of hydrogen-bond acceptors (Lipinski definition) is 3. The molecule has 84 valence electrons. The van der Waals surface area contributed by atoms with E-state index in [0.29, 0.717) is 16.7 Å². The molecule has 1 aromatic rings. The fourth-order valence-corrected chi connectivity index (χ4v) is 1.64. The zero-order valence-electron chi connectivity index (χ0n) is 8.40. The maximum Gasteiger partial charge on any atom is 0.192 e. The number of hydrogen-bond donors (Lipinski definition) is 3. The van der Waals surface area contributed by atoms with Gasteiger partial charge in [-0.2, -0.15) is 0 Å². The average Bonchev–Trinajstić information content (AvgIpc) is 2.68. The van der Waals surface area contributed by atoms with Crippen LogP contribution in [0.5, 0.6) is 0 Å². The third-order valence-electron chi connectivity index (χ3n) is 2.06. The lowest BCUT2D eigenvalue weighted by Crippen LogP contribution is -2.37. The van der Waals surface area contributed by atoms with Gasteiger partial charge in [0.2, 0.25) is 0 Å². The molecule has 0 spiro atoms. The van der Waals surface area contributed by atoms with Crippen LogP contribution in [0.1, 0.15) is 0 Å². The van der Waals surface area contributed by atoms with Gasteiger partial charge in [-0.15, -0.1) is 0 Å². The Balaban J connectivity index is 2.00. The molecule has 0 radical (unpaired) electrons. The zero-order chi connectivity index (χ0) is 11.5. The van der Waals surface area contributed by atoms with Crippen LogP contribution >= 0.6 is 23.8 Å². The topological polar surface area (TPSA) is 53.3 Å². The first-order chi connectivity index (χ1) is 7.65. The number of nitrogens with one attached hydrogen (secondary N) is 2. The van der Waals surface area contributed by atoms with Crippen molar-refractivity contribution < 1.29 is 0 Å². The third-order valence-corrected chi connectivity index (χ3v) is 2.61. The van der Waals surface area contributed by atoms with Crippen LogP contribution in [0, 0.1) is 0 Å². The van der Waals surface area contributed by atoms with Crippen LogP contribution in [-0.4, -0.2) is 16.7 Å². The highest BCUT2D eigenvalue weighted by molar-refractivity contribution is 7.80. The lowest BCUT2D eigenvalue weighted by Gasteiger charge is -2.17. The summed E-state index contributed by atoms with van der Waals surface area (Å²) in [6.07, 6.45) is 1.76. The monoisotopic (exact) mass is 254 g/mol. The van der Waals surface area contributed by atoms with E-state index in [0.717, 1.165) is 11.4 Å². The van der Waals surface area contributed by atoms with Crippen LogP contribution in [0.4, 0.5) is 5.69 Å². The van der Waals surface area contributed by atoms with Crippen molar-refractivity contribution in [1.29, 1.82) is 0 Å². The summed E-state index contributed by atoms with van der Waals surface area (Å²) >= 11 is 11.0. The molecule has 0 saturated carbocycles. The van der Waals surface area contributed by atoms with Gasteiger partial charge in [0, 0.05) is 22.6 Å². The van der Waals surface area contributed by atoms with Crippen molar-refractivity contribution in [2.45, 2.75) is 0 Å². The molecule has 0 saturated heterocycles. The van der Waals surface area contributed by atoms with Gasteiger partial charge in [-0.1, -0.05) is 11.6 Å². The normalized spacial score (nSPS) is 14.8. The molecular formula is C10H11ClN4S. The molecule has 0 aliphatic carbocycles. The second kappa shape index (κ2) is 4.69. The molecule has 0 aromatic heterocycles. The predicted octanol–water partition coefficient (Wildman–Crippen LogP) is 1.66. The largest absolute Gasteiger partial charge is 0.400 e. The summed E-state index contributed by atoms with van der Waals surface area (Å²) in [5, 5.41) is 5.99. The molecule has 1 heterocycles. The molecule has 0 amide bonds. The Morgan fingerprint density at radius 1 is 1.44 bits per heavy atom. The van der Waals surface area contributed by atoms with Crippen LogP contribution in [0.15, 0.2) is 36.2 Å². The maximum absolute atomic E-state index is 5.79. The van der Waals surface area contributed by atoms with E-state index in [1.807, 2.05) is 12.1 Å². The fraction of sp³-hybridized carbons (Fsp3) is 0.100. The molecule has 4 nitrogen and oxygen atoms in total. The Hall–Kier alpha value is -1.30. The van der Waals surface area contributed by atoms with E-state index in [4.69, 9.17) is 29.6 Å². The molecular weight excluding hydrogens is 244 g/mol. The van der Waals surface area contributed by atoms with Gasteiger partial charge in [0.25, 0.3) is 0 Å². The maximum atomic E-state index is 5.79. The van der Waals surface area contributed by atoms with Gasteiger partial charge in [0.05, 0.1) is 6.54 Å². The Labute approximate surface area is 104 Å². The molecule has 0 unspecified atom stereocenters. The second-order valence-electron chi connectivity index (χ2n) is 3.35. The van der Waals surface area contributed by atoms with Gasteiger partial charge in [0.1, 0.15) is 0 Å². The third kappa shape index (κ3) is 2.63. The summed E-state index contributed by atoms with van der Waals surface area (Å²) in [6.45, 7) is 0.614. The molecule has 4 N–H and O–H groups in total. The van der Waals surface area contributed by atoms with E-state index in [2.05, 4.69) is 10.7 Å². The first-order valence-electron chi connectivity index (χ1n) is 4.70. The summed E-state index contributed by atoms with van der Waals surface area (Å²) in [4.78, 5) is 0. The molecule has 2 rings (SSSR count). The zero-order valence-corrected chi connectivity index (χ0v) is 9.98. The van der Waals surface area contributed by atoms with Crippen molar-refractivity contribution in [3.8, 4) is 0 Å². The van der Waals surface area contributed by atoms with Crippen molar-refractivity contribution >= 4 is 34.6 Å². The number of thiocarbonyl (C=S) groups is 1. The minimum absolute atomic E-state index is 0.544. The standard InChI is InChI=1S/C10H11ClN4S/c11-7-1-3-9(4-2-7)14-10(16)15-6-8(12)5-13-15/h1-4,6,13H,5,12H2,(H,14,16). The number of rotatable bonds is 1. The van der Waals surface area contributed by atoms with Gasteiger partial charge in [-0.05, 0) is 36.5 Å². The van der Waals surface area contributed by atoms with Crippen molar-refractivity contribution in [2.24, 2.45) is 5.73 Å². The highest BCUT2D eigenvalue weighted by Crippen LogP contribution is 2.14. The van der Waals surface area contributed by atoms with E-state index in [1.165, 1.54) is 0 Å². The second-order valence-corrected chi connectivity index (χ2v) is 4.17. The smallest absolute Gasteiger partial charge is 0.192 e. The SMILES string of the molecule is NC1=CN(C(=S)Nc2ccc(Cl)cc2)NC1. The highest BCUT2D eigenvalue weighted by Gasteiger charge is 2.13. The fourth-order valence-electron chi connectivity index (χ4n) is 1.28. The number of nitrogens with zero attached hydrogens (tertiary/aromatic N) is 1. The van der Waals surface area contributed by atoms with Crippen LogP contribution in [-0.2, 0) is 0 Å². The minimum Gasteiger partial charge on any atom is -0.400 e. The van der Waals surface area contributed by atoms with Gasteiger partial charge in [-0.3, -0.25) is 5.01 Å². The summed E-state index contributed by atoms with van der Waals surface area (Å²) < 4.78 is 0. The van der Waals surface area contributed by atoms with Crippen molar-refractivity contribution in [3.63, 3.8) is 0 Å². The number of nitrogens with two attached hydrogens (primary N) is 1. The van der Waals surface area contributed by atoms with Crippen molar-refractivity contribution in [2.75, 3.05) is 11.9 Å². The summed E-state index contributed by atoms with van der Waals surface area (Å²) in [6, 6.07) is 7.32. The van der Waals surface area contributed by atoms with Crippen LogP contribution < -0.4 is 16.5 Å². The Morgan fingerprint density at radius 2 is 2.12 bits per heavy atom. The summed E-state index contributed by atoms with van der Waals surface area (Å²) in [5.41, 5.74) is 10.3. The van der Waals surface area contributed by atoms with Gasteiger partial charge >= 0.3 is 0 Å². The Morgan fingerprint density at radius 3 is 2.69 bits per heavy atom. The van der Waals surface area contributed by atoms with Crippen LogP contribution in [0.25, 0.3) is 0 Å². The molecule has 1 aliphatic heterocycles. The molecule has 0 bridgehead atoms. The van der Waals surface area contributed by atoms with Gasteiger partial charge < -0.3 is 11.1 Å². The van der Waals surface area contributed by atoms with Gasteiger partial charge in [-0.25, -0.2) is 5.43 Å². The number of benzene rings is 1. The van der Waals surface area contributed by atoms with Crippen LogP contribution in [0.2, 0.25) is 5.02 Å². The first kappa shape index (κ1) is 11.2. The van der Waals surface area contributed by atoms with Crippen molar-refractivity contribution in [1.82, 2.24) is 10.4 Å². The summed E-state index contributed by atoms with van der Waals surface area (Å²) in [5.74, 6) is 0. The molecule has 1 aliphatic rings. The molecule has 6 heteroatoms. The van der Waals surface area contributed by atoms with E-state index in [9.17, 15) is 0 Å². The molecule has 0 fully saturated rings. The lowest BCUT2D eigenvalue weighted by atomic mass is 10.3. The minimum atomic E-state index is 0.544. The molecule has 16 heavy (non-hydrogen) atoms. The molecule has 0 atom stereocenters. The number of halogens is 1. The van der Waals surface area contributed by atoms with Crippen LogP contribution in [0.3, 0.4) is 0 Å². The van der Waals surface area contributed by atoms with E-state index >= 15 is 0 Å². The lowest BCUT2D eigenvalue weighted by molar-refractivity contribution is 0.467. The number of anilines is 1. The van der Waals surface area contributed by atoms with E-state index in [-0.39, 0.29) is 0 Å². The first-order valence-corrected chi connectivity index (χ1v) is 5.49. The highest BCUT2D eigenvalue weighted by atomic mass is 35.5. The van der Waals surface area contributed by atoms with E-state index in [1.54, 1.807) is 23.3 Å². The Bertz CT molecular complexity index is 429. The molecule has 1 aromatic carbocycles. The van der Waals surface area contributed by atoms with Crippen molar-refractivity contribution in [3.05, 3.63) is 41.2 Å². The quantitative estimate of drug-likeness (QED) is 0.666. The summed E-state index contributed by atoms with van der Waals surface area (Å²) in [7, 11) is 0.